The molecule has 0 aromatic heterocycles. The molecule has 0 aliphatic heterocycles. The summed E-state index contributed by atoms with van der Waals surface area (Å²) < 4.78 is 26.4. The van der Waals surface area contributed by atoms with Crippen LogP contribution in [-0.2, 0) is 4.79 Å². The second-order valence-electron chi connectivity index (χ2n) is 3.19. The van der Waals surface area contributed by atoms with Crippen molar-refractivity contribution in [1.29, 1.82) is 0 Å². The first-order chi connectivity index (χ1) is 8.43. The SMILES string of the molecule is O=C(CCCl)NC(=O)Nc1cc(F)c(Br)cc1F. The number of benzene rings is 1. The van der Waals surface area contributed by atoms with Crippen molar-refractivity contribution in [2.75, 3.05) is 11.2 Å². The van der Waals surface area contributed by atoms with E-state index in [0.29, 0.717) is 0 Å². The summed E-state index contributed by atoms with van der Waals surface area (Å²) in [6.45, 7) is 0. The molecular formula is C10H8BrClF2N2O2. The fraction of sp³-hybridized carbons (Fsp3) is 0.200. The van der Waals surface area contributed by atoms with Crippen molar-refractivity contribution < 1.29 is 18.4 Å². The van der Waals surface area contributed by atoms with Crippen LogP contribution in [0.3, 0.4) is 0 Å². The van der Waals surface area contributed by atoms with E-state index in [1.165, 1.54) is 0 Å². The lowest BCUT2D eigenvalue weighted by Crippen LogP contribution is -2.34. The monoisotopic (exact) mass is 340 g/mol. The summed E-state index contributed by atoms with van der Waals surface area (Å²) in [5.41, 5.74) is -0.369. The lowest BCUT2D eigenvalue weighted by Gasteiger charge is -2.08. The van der Waals surface area contributed by atoms with E-state index in [9.17, 15) is 18.4 Å². The molecule has 0 aliphatic rings. The Hall–Kier alpha value is -1.21. The number of anilines is 1. The second-order valence-corrected chi connectivity index (χ2v) is 4.42. The maximum Gasteiger partial charge on any atom is 0.325 e. The van der Waals surface area contributed by atoms with E-state index in [1.807, 2.05) is 10.6 Å². The zero-order chi connectivity index (χ0) is 13.7. The van der Waals surface area contributed by atoms with E-state index in [1.54, 1.807) is 0 Å². The van der Waals surface area contributed by atoms with E-state index in [4.69, 9.17) is 11.6 Å². The Morgan fingerprint density at radius 1 is 1.28 bits per heavy atom. The summed E-state index contributed by atoms with van der Waals surface area (Å²) >= 11 is 8.09. The summed E-state index contributed by atoms with van der Waals surface area (Å²) in [5, 5.41) is 3.93. The van der Waals surface area contributed by atoms with Crippen LogP contribution in [0.15, 0.2) is 16.6 Å². The Kier molecular flexibility index (Phi) is 5.49. The van der Waals surface area contributed by atoms with Crippen LogP contribution in [0.25, 0.3) is 0 Å². The number of amides is 3. The number of hydrogen-bond acceptors (Lipinski definition) is 2. The fourth-order valence-corrected chi connectivity index (χ4v) is 1.53. The van der Waals surface area contributed by atoms with Crippen molar-refractivity contribution in [2.24, 2.45) is 0 Å². The predicted molar refractivity (Wildman–Crippen MR) is 66.6 cm³/mol. The third kappa shape index (κ3) is 4.23. The second kappa shape index (κ2) is 6.65. The van der Waals surface area contributed by atoms with Crippen molar-refractivity contribution in [1.82, 2.24) is 5.32 Å². The van der Waals surface area contributed by atoms with Gasteiger partial charge in [0.2, 0.25) is 5.91 Å². The number of alkyl halides is 1. The first kappa shape index (κ1) is 14.8. The van der Waals surface area contributed by atoms with Gasteiger partial charge in [0.15, 0.2) is 0 Å². The quantitative estimate of drug-likeness (QED) is 0.656. The molecule has 0 saturated carbocycles. The van der Waals surface area contributed by atoms with E-state index in [-0.39, 0.29) is 22.5 Å². The summed E-state index contributed by atoms with van der Waals surface area (Å²) in [5.74, 6) is -2.12. The molecule has 0 heterocycles. The van der Waals surface area contributed by atoms with Gasteiger partial charge in [0.25, 0.3) is 0 Å². The first-order valence-corrected chi connectivity index (χ1v) is 6.08. The third-order valence-corrected chi connectivity index (χ3v) is 2.63. The average molecular weight is 342 g/mol. The maximum absolute atomic E-state index is 13.3. The average Bonchev–Trinajstić information content (AvgIpc) is 2.26. The fourth-order valence-electron chi connectivity index (χ4n) is 1.05. The summed E-state index contributed by atoms with van der Waals surface area (Å²) in [7, 11) is 0. The van der Waals surface area contributed by atoms with Crippen molar-refractivity contribution in [2.45, 2.75) is 6.42 Å². The molecule has 2 N–H and O–H groups in total. The minimum absolute atomic E-state index is 0.0494. The number of carbonyl (C=O) groups excluding carboxylic acids is 2. The van der Waals surface area contributed by atoms with Gasteiger partial charge in [0.1, 0.15) is 11.6 Å². The molecule has 1 rings (SSSR count). The third-order valence-electron chi connectivity index (χ3n) is 1.83. The number of imide groups is 1. The number of urea groups is 1. The zero-order valence-corrected chi connectivity index (χ0v) is 11.2. The molecule has 3 amide bonds. The minimum Gasteiger partial charge on any atom is -0.305 e. The minimum atomic E-state index is -0.953. The van der Waals surface area contributed by atoms with Crippen LogP contribution in [0, 0.1) is 11.6 Å². The largest absolute Gasteiger partial charge is 0.325 e. The molecule has 98 valence electrons. The highest BCUT2D eigenvalue weighted by Crippen LogP contribution is 2.23. The van der Waals surface area contributed by atoms with Crippen molar-refractivity contribution in [3.8, 4) is 0 Å². The van der Waals surface area contributed by atoms with Gasteiger partial charge in [0.05, 0.1) is 10.2 Å². The van der Waals surface area contributed by atoms with Crippen molar-refractivity contribution in [3.63, 3.8) is 0 Å². The molecule has 1 aromatic rings. The molecule has 0 unspecified atom stereocenters. The molecule has 0 aliphatic carbocycles. The number of halogens is 4. The lowest BCUT2D eigenvalue weighted by molar-refractivity contribution is -0.119. The van der Waals surface area contributed by atoms with Crippen LogP contribution in [0.2, 0.25) is 0 Å². The summed E-state index contributed by atoms with van der Waals surface area (Å²) in [6.07, 6.45) is -0.0494. The van der Waals surface area contributed by atoms with Crippen LogP contribution in [0.5, 0.6) is 0 Å². The van der Waals surface area contributed by atoms with Crippen molar-refractivity contribution in [3.05, 3.63) is 28.2 Å². The Balaban J connectivity index is 2.70. The highest BCUT2D eigenvalue weighted by molar-refractivity contribution is 9.10. The molecule has 4 nitrogen and oxygen atoms in total. The Bertz CT molecular complexity index is 485. The van der Waals surface area contributed by atoms with Gasteiger partial charge in [-0.3, -0.25) is 10.1 Å². The van der Waals surface area contributed by atoms with E-state index >= 15 is 0 Å². The van der Waals surface area contributed by atoms with Gasteiger partial charge in [-0.2, -0.15) is 0 Å². The molecule has 0 fully saturated rings. The van der Waals surface area contributed by atoms with Crippen LogP contribution in [0.4, 0.5) is 19.3 Å². The smallest absolute Gasteiger partial charge is 0.305 e. The van der Waals surface area contributed by atoms with Gasteiger partial charge in [-0.05, 0) is 22.0 Å². The molecule has 0 bridgehead atoms. The highest BCUT2D eigenvalue weighted by Gasteiger charge is 2.12. The number of hydrogen-bond donors (Lipinski definition) is 2. The topological polar surface area (TPSA) is 58.2 Å². The predicted octanol–water partition coefficient (Wildman–Crippen LogP) is 3.00. The molecule has 0 atom stereocenters. The number of rotatable bonds is 3. The summed E-state index contributed by atoms with van der Waals surface area (Å²) in [4.78, 5) is 22.3. The molecule has 0 radical (unpaired) electrons. The van der Waals surface area contributed by atoms with Gasteiger partial charge < -0.3 is 5.32 Å². The van der Waals surface area contributed by atoms with E-state index in [0.717, 1.165) is 12.1 Å². The number of carbonyl (C=O) groups is 2. The molecule has 0 spiro atoms. The normalized spacial score (nSPS) is 10.0. The maximum atomic E-state index is 13.3. The Morgan fingerprint density at radius 3 is 2.56 bits per heavy atom. The van der Waals surface area contributed by atoms with Gasteiger partial charge in [-0.25, -0.2) is 13.6 Å². The lowest BCUT2D eigenvalue weighted by atomic mass is 10.3. The van der Waals surface area contributed by atoms with Crippen LogP contribution < -0.4 is 10.6 Å². The van der Waals surface area contributed by atoms with Gasteiger partial charge in [0, 0.05) is 18.4 Å². The van der Waals surface area contributed by atoms with E-state index in [2.05, 4.69) is 15.9 Å². The highest BCUT2D eigenvalue weighted by atomic mass is 79.9. The summed E-state index contributed by atoms with van der Waals surface area (Å²) in [6, 6.07) is 0.710. The van der Waals surface area contributed by atoms with Gasteiger partial charge in [-0.15, -0.1) is 11.6 Å². The van der Waals surface area contributed by atoms with Crippen LogP contribution >= 0.6 is 27.5 Å². The van der Waals surface area contributed by atoms with Crippen LogP contribution in [-0.4, -0.2) is 17.8 Å². The molecule has 1 aromatic carbocycles. The van der Waals surface area contributed by atoms with Gasteiger partial charge in [-0.1, -0.05) is 0 Å². The Morgan fingerprint density at radius 2 is 1.94 bits per heavy atom. The molecular weight excluding hydrogens is 333 g/mol. The van der Waals surface area contributed by atoms with Crippen LogP contribution in [0.1, 0.15) is 6.42 Å². The molecule has 18 heavy (non-hydrogen) atoms. The zero-order valence-electron chi connectivity index (χ0n) is 8.90. The molecule has 0 saturated heterocycles. The van der Waals surface area contributed by atoms with Crippen molar-refractivity contribution >= 4 is 45.2 Å². The first-order valence-electron chi connectivity index (χ1n) is 4.75. The molecule has 8 heteroatoms. The number of nitrogens with one attached hydrogen (secondary N) is 2. The standard InChI is InChI=1S/C10H8BrClF2N2O2/c11-5-3-7(14)8(4-6(5)13)15-10(18)16-9(17)1-2-12/h3-4H,1-2H2,(H2,15,16,17,18). The van der Waals surface area contributed by atoms with Gasteiger partial charge >= 0.3 is 6.03 Å². The Labute approximate surface area is 115 Å². The van der Waals surface area contributed by atoms with E-state index < -0.39 is 23.6 Å².